The lowest BCUT2D eigenvalue weighted by Crippen LogP contribution is -2.20. The summed E-state index contributed by atoms with van der Waals surface area (Å²) in [6.45, 7) is 4.39. The molecule has 0 amide bonds. The van der Waals surface area contributed by atoms with E-state index in [0.29, 0.717) is 12.3 Å². The van der Waals surface area contributed by atoms with E-state index in [1.165, 1.54) is 22.3 Å². The Labute approximate surface area is 136 Å². The number of halogens is 1. The number of hydrogen-bond acceptors (Lipinski definition) is 2. The average Bonchev–Trinajstić information content (AvgIpc) is 2.75. The fourth-order valence-electron chi connectivity index (χ4n) is 3.40. The van der Waals surface area contributed by atoms with Crippen LogP contribution in [0.2, 0.25) is 0 Å². The molecule has 0 saturated heterocycles. The Balaban J connectivity index is 2.04. The standard InChI is InChI=1S/C19H21ClO2/c1-19(2)15-6-4-3-5-13(15)14-8-7-12(11-16(14)19)18(22)17(21)9-10-20/h3-8,11,17-18,21-22H,9-10H2,1-2H3. The Morgan fingerprint density at radius 3 is 2.41 bits per heavy atom. The van der Waals surface area contributed by atoms with Crippen molar-refractivity contribution in [3.63, 3.8) is 0 Å². The molecule has 3 heteroatoms. The molecule has 0 heterocycles. The summed E-state index contributed by atoms with van der Waals surface area (Å²) >= 11 is 5.66. The second-order valence-electron chi connectivity index (χ2n) is 6.47. The van der Waals surface area contributed by atoms with E-state index in [2.05, 4.69) is 44.2 Å². The molecule has 2 unspecified atom stereocenters. The van der Waals surface area contributed by atoms with Crippen molar-refractivity contribution in [2.75, 3.05) is 5.88 Å². The summed E-state index contributed by atoms with van der Waals surface area (Å²) in [7, 11) is 0. The van der Waals surface area contributed by atoms with Gasteiger partial charge in [-0.1, -0.05) is 56.3 Å². The van der Waals surface area contributed by atoms with Gasteiger partial charge in [-0.05, 0) is 34.2 Å². The van der Waals surface area contributed by atoms with Crippen LogP contribution in [0.25, 0.3) is 11.1 Å². The van der Waals surface area contributed by atoms with Gasteiger partial charge in [-0.25, -0.2) is 0 Å². The third-order valence-electron chi connectivity index (χ3n) is 4.72. The fraction of sp³-hybridized carbons (Fsp3) is 0.368. The molecule has 0 fully saturated rings. The zero-order valence-electron chi connectivity index (χ0n) is 12.9. The minimum Gasteiger partial charge on any atom is -0.390 e. The lowest BCUT2D eigenvalue weighted by atomic mass is 9.81. The van der Waals surface area contributed by atoms with Crippen molar-refractivity contribution in [1.29, 1.82) is 0 Å². The first-order valence-electron chi connectivity index (χ1n) is 7.63. The number of hydrogen-bond donors (Lipinski definition) is 2. The summed E-state index contributed by atoms with van der Waals surface area (Å²) in [6, 6.07) is 14.4. The molecule has 1 aliphatic carbocycles. The van der Waals surface area contributed by atoms with E-state index in [9.17, 15) is 10.2 Å². The van der Waals surface area contributed by atoms with Gasteiger partial charge < -0.3 is 10.2 Å². The van der Waals surface area contributed by atoms with Gasteiger partial charge in [-0.2, -0.15) is 0 Å². The van der Waals surface area contributed by atoms with Gasteiger partial charge >= 0.3 is 0 Å². The molecule has 0 aromatic heterocycles. The smallest absolute Gasteiger partial charge is 0.105 e. The first kappa shape index (κ1) is 15.5. The zero-order valence-corrected chi connectivity index (χ0v) is 13.6. The van der Waals surface area contributed by atoms with E-state index in [0.717, 1.165) is 5.56 Å². The molecule has 0 spiro atoms. The van der Waals surface area contributed by atoms with E-state index >= 15 is 0 Å². The number of alkyl halides is 1. The molecule has 116 valence electrons. The topological polar surface area (TPSA) is 40.5 Å². The summed E-state index contributed by atoms with van der Waals surface area (Å²) in [4.78, 5) is 0. The summed E-state index contributed by atoms with van der Waals surface area (Å²) < 4.78 is 0. The number of benzene rings is 2. The SMILES string of the molecule is CC1(C)c2ccccc2-c2ccc(C(O)C(O)CCCl)cc21. The van der Waals surface area contributed by atoms with E-state index in [1.807, 2.05) is 12.1 Å². The number of fused-ring (bicyclic) bond motifs is 3. The van der Waals surface area contributed by atoms with Gasteiger partial charge in [0.2, 0.25) is 0 Å². The van der Waals surface area contributed by atoms with Crippen molar-refractivity contribution < 1.29 is 10.2 Å². The van der Waals surface area contributed by atoms with Crippen LogP contribution in [0.4, 0.5) is 0 Å². The average molecular weight is 317 g/mol. The van der Waals surface area contributed by atoms with Crippen molar-refractivity contribution in [2.45, 2.75) is 37.9 Å². The third-order valence-corrected chi connectivity index (χ3v) is 4.94. The summed E-state index contributed by atoms with van der Waals surface area (Å²) in [5.41, 5.74) is 5.62. The van der Waals surface area contributed by atoms with Gasteiger partial charge in [-0.15, -0.1) is 11.6 Å². The highest BCUT2D eigenvalue weighted by Crippen LogP contribution is 2.49. The molecule has 22 heavy (non-hydrogen) atoms. The first-order valence-corrected chi connectivity index (χ1v) is 8.16. The maximum Gasteiger partial charge on any atom is 0.105 e. The predicted octanol–water partition coefficient (Wildman–Crippen LogP) is 4.02. The van der Waals surface area contributed by atoms with Gasteiger partial charge in [0.15, 0.2) is 0 Å². The van der Waals surface area contributed by atoms with Crippen LogP contribution in [0.1, 0.15) is 43.1 Å². The minimum absolute atomic E-state index is 0.0981. The van der Waals surface area contributed by atoms with Crippen LogP contribution < -0.4 is 0 Å². The van der Waals surface area contributed by atoms with E-state index < -0.39 is 12.2 Å². The summed E-state index contributed by atoms with van der Waals surface area (Å²) in [5, 5.41) is 20.3. The molecule has 1 aliphatic rings. The van der Waals surface area contributed by atoms with Crippen LogP contribution in [0.15, 0.2) is 42.5 Å². The Kier molecular flexibility index (Phi) is 4.02. The van der Waals surface area contributed by atoms with Crippen molar-refractivity contribution in [3.05, 3.63) is 59.2 Å². The predicted molar refractivity (Wildman–Crippen MR) is 90.3 cm³/mol. The Morgan fingerprint density at radius 1 is 1.00 bits per heavy atom. The molecule has 0 radical (unpaired) electrons. The lowest BCUT2D eigenvalue weighted by molar-refractivity contribution is 0.0169. The Hall–Kier alpha value is -1.35. The van der Waals surface area contributed by atoms with Crippen LogP contribution in [0.5, 0.6) is 0 Å². The molecular formula is C19H21ClO2. The quantitative estimate of drug-likeness (QED) is 0.837. The lowest BCUT2D eigenvalue weighted by Gasteiger charge is -2.23. The normalized spacial score (nSPS) is 17.7. The van der Waals surface area contributed by atoms with Crippen molar-refractivity contribution in [3.8, 4) is 11.1 Å². The van der Waals surface area contributed by atoms with Crippen LogP contribution in [-0.4, -0.2) is 22.2 Å². The van der Waals surface area contributed by atoms with Gasteiger partial charge in [-0.3, -0.25) is 0 Å². The van der Waals surface area contributed by atoms with Gasteiger partial charge in [0.05, 0.1) is 6.10 Å². The van der Waals surface area contributed by atoms with Crippen molar-refractivity contribution in [1.82, 2.24) is 0 Å². The maximum absolute atomic E-state index is 10.3. The van der Waals surface area contributed by atoms with Gasteiger partial charge in [0, 0.05) is 11.3 Å². The molecule has 3 rings (SSSR count). The second kappa shape index (κ2) is 5.69. The van der Waals surface area contributed by atoms with Crippen LogP contribution in [-0.2, 0) is 5.41 Å². The molecule has 0 aliphatic heterocycles. The molecule has 2 aromatic rings. The van der Waals surface area contributed by atoms with E-state index in [4.69, 9.17) is 11.6 Å². The number of rotatable bonds is 4. The Morgan fingerprint density at radius 2 is 1.68 bits per heavy atom. The Bertz CT molecular complexity index is 694. The second-order valence-corrected chi connectivity index (χ2v) is 6.84. The van der Waals surface area contributed by atoms with Crippen molar-refractivity contribution in [2.24, 2.45) is 0 Å². The van der Waals surface area contributed by atoms with Gasteiger partial charge in [0.25, 0.3) is 0 Å². The zero-order chi connectivity index (χ0) is 15.9. The largest absolute Gasteiger partial charge is 0.390 e. The molecule has 2 atom stereocenters. The number of aliphatic hydroxyl groups is 2. The summed E-state index contributed by atoms with van der Waals surface area (Å²) in [6.07, 6.45) is -1.35. The fourth-order valence-corrected chi connectivity index (χ4v) is 3.62. The van der Waals surface area contributed by atoms with Crippen LogP contribution in [0, 0.1) is 0 Å². The van der Waals surface area contributed by atoms with Crippen LogP contribution >= 0.6 is 11.6 Å². The molecule has 2 N–H and O–H groups in total. The highest BCUT2D eigenvalue weighted by molar-refractivity contribution is 6.17. The summed E-state index contributed by atoms with van der Waals surface area (Å²) in [5.74, 6) is 0.333. The van der Waals surface area contributed by atoms with Crippen molar-refractivity contribution >= 4 is 11.6 Å². The molecule has 0 saturated carbocycles. The molecule has 2 nitrogen and oxygen atoms in total. The monoisotopic (exact) mass is 316 g/mol. The molecular weight excluding hydrogens is 296 g/mol. The number of aliphatic hydroxyl groups excluding tert-OH is 2. The highest BCUT2D eigenvalue weighted by atomic mass is 35.5. The van der Waals surface area contributed by atoms with Crippen LogP contribution in [0.3, 0.4) is 0 Å². The molecule has 0 bridgehead atoms. The maximum atomic E-state index is 10.3. The van der Waals surface area contributed by atoms with Gasteiger partial charge in [0.1, 0.15) is 6.10 Å². The van der Waals surface area contributed by atoms with E-state index in [1.54, 1.807) is 0 Å². The molecule has 2 aromatic carbocycles. The van der Waals surface area contributed by atoms with E-state index in [-0.39, 0.29) is 5.41 Å². The first-order chi connectivity index (χ1) is 10.5. The highest BCUT2D eigenvalue weighted by Gasteiger charge is 2.35. The minimum atomic E-state index is -0.899. The third kappa shape index (κ3) is 2.36.